The Morgan fingerprint density at radius 1 is 1.19 bits per heavy atom. The third-order valence-electron chi connectivity index (χ3n) is 3.96. The lowest BCUT2D eigenvalue weighted by Crippen LogP contribution is -2.17. The highest BCUT2D eigenvalue weighted by molar-refractivity contribution is 9.10. The van der Waals surface area contributed by atoms with Gasteiger partial charge in [-0.3, -0.25) is 4.79 Å². The summed E-state index contributed by atoms with van der Waals surface area (Å²) < 4.78 is 6.98. The van der Waals surface area contributed by atoms with Gasteiger partial charge in [-0.25, -0.2) is 9.97 Å². The van der Waals surface area contributed by atoms with E-state index in [1.807, 2.05) is 58.2 Å². The van der Waals surface area contributed by atoms with Crippen LogP contribution in [0.3, 0.4) is 0 Å². The zero-order valence-corrected chi connectivity index (χ0v) is 18.4. The van der Waals surface area contributed by atoms with Gasteiger partial charge in [-0.1, -0.05) is 19.9 Å². The van der Waals surface area contributed by atoms with Gasteiger partial charge in [0.05, 0.1) is 17.3 Å². The van der Waals surface area contributed by atoms with E-state index in [9.17, 15) is 4.79 Å². The maximum absolute atomic E-state index is 11.9. The molecule has 0 spiro atoms. The summed E-state index contributed by atoms with van der Waals surface area (Å²) in [4.78, 5) is 21.2. The number of halogens is 1. The van der Waals surface area contributed by atoms with Crippen LogP contribution < -0.4 is 10.1 Å². The van der Waals surface area contributed by atoms with Crippen molar-refractivity contribution >= 4 is 49.2 Å². The highest BCUT2D eigenvalue weighted by Crippen LogP contribution is 2.36. The second-order valence-electron chi connectivity index (χ2n) is 6.95. The quantitative estimate of drug-likeness (QED) is 0.535. The van der Waals surface area contributed by atoms with Gasteiger partial charge in [-0.2, -0.15) is 0 Å². The van der Waals surface area contributed by atoms with Crippen LogP contribution in [0.1, 0.15) is 33.3 Å². The summed E-state index contributed by atoms with van der Waals surface area (Å²) in [5.74, 6) is 0.622. The Balaban J connectivity index is 2.08. The number of aromatic nitrogens is 2. The molecule has 5 nitrogen and oxygen atoms in total. The van der Waals surface area contributed by atoms with E-state index in [1.165, 1.54) is 11.3 Å². The molecule has 0 radical (unpaired) electrons. The van der Waals surface area contributed by atoms with E-state index in [-0.39, 0.29) is 17.9 Å². The fourth-order valence-corrected chi connectivity index (χ4v) is 3.65. The van der Waals surface area contributed by atoms with Crippen LogP contribution in [0.15, 0.2) is 28.1 Å². The van der Waals surface area contributed by atoms with E-state index in [2.05, 4.69) is 26.2 Å². The molecule has 0 aliphatic rings. The smallest absolute Gasteiger partial charge is 0.228 e. The first-order chi connectivity index (χ1) is 12.8. The van der Waals surface area contributed by atoms with Gasteiger partial charge in [0.15, 0.2) is 5.13 Å². The number of nitrogens with zero attached hydrogens (tertiary/aromatic N) is 2. The summed E-state index contributed by atoms with van der Waals surface area (Å²) in [6, 6.07) is 5.98. The van der Waals surface area contributed by atoms with E-state index < -0.39 is 0 Å². The lowest BCUT2D eigenvalue weighted by molar-refractivity contribution is -0.118. The summed E-state index contributed by atoms with van der Waals surface area (Å²) in [5.41, 5.74) is 3.36. The molecule has 3 rings (SSSR count). The third kappa shape index (κ3) is 4.30. The van der Waals surface area contributed by atoms with Gasteiger partial charge >= 0.3 is 0 Å². The van der Waals surface area contributed by atoms with Gasteiger partial charge in [-0.15, -0.1) is 11.3 Å². The average Bonchev–Trinajstić information content (AvgIpc) is 3.06. The summed E-state index contributed by atoms with van der Waals surface area (Å²) >= 11 is 5.04. The van der Waals surface area contributed by atoms with Gasteiger partial charge < -0.3 is 10.1 Å². The first kappa shape index (κ1) is 19.8. The summed E-state index contributed by atoms with van der Waals surface area (Å²) in [6.07, 6.45) is 0.0415. The normalized spacial score (nSPS) is 11.4. The summed E-state index contributed by atoms with van der Waals surface area (Å²) in [7, 11) is 0. The molecule has 0 saturated heterocycles. The fourth-order valence-electron chi connectivity index (χ4n) is 2.51. The first-order valence-electron chi connectivity index (χ1n) is 8.79. The van der Waals surface area contributed by atoms with E-state index in [1.54, 1.807) is 0 Å². The number of rotatable bonds is 5. The molecule has 0 atom stereocenters. The molecule has 0 aliphatic heterocycles. The summed E-state index contributed by atoms with van der Waals surface area (Å²) in [5, 5.41) is 6.25. The van der Waals surface area contributed by atoms with Gasteiger partial charge in [0.2, 0.25) is 5.91 Å². The van der Waals surface area contributed by atoms with Crippen molar-refractivity contribution in [3.05, 3.63) is 33.6 Å². The molecule has 1 N–H and O–H groups in total. The molecule has 0 bridgehead atoms. The number of carbonyl (C=O) groups is 1. The molecule has 1 amide bonds. The van der Waals surface area contributed by atoms with Gasteiger partial charge in [-0.05, 0) is 48.3 Å². The number of thiazole rings is 1. The lowest BCUT2D eigenvalue weighted by Gasteiger charge is -2.15. The SMILES string of the molecule is Cc1ccc2c(OC(C)C)cc(-c3csc(NC(=O)C(C)C)n3)nc2c1Br. The molecule has 0 saturated carbocycles. The van der Waals surface area contributed by atoms with Crippen LogP contribution in [0.25, 0.3) is 22.3 Å². The Kier molecular flexibility index (Phi) is 5.81. The third-order valence-corrected chi connectivity index (χ3v) is 5.72. The standard InChI is InChI=1S/C20H22BrN3O2S/c1-10(2)19(25)24-20-23-15(9-27-20)14-8-16(26-11(3)4)13-7-6-12(5)17(21)18(13)22-14/h6-11H,1-5H3,(H,23,24,25). The maximum atomic E-state index is 11.9. The van der Waals surface area contributed by atoms with Crippen LogP contribution in [-0.2, 0) is 4.79 Å². The van der Waals surface area contributed by atoms with E-state index >= 15 is 0 Å². The Morgan fingerprint density at radius 3 is 2.59 bits per heavy atom. The molecule has 0 fully saturated rings. The summed E-state index contributed by atoms with van der Waals surface area (Å²) in [6.45, 7) is 9.73. The van der Waals surface area contributed by atoms with Crippen LogP contribution in [0, 0.1) is 12.8 Å². The maximum Gasteiger partial charge on any atom is 0.228 e. The number of hydrogen-bond donors (Lipinski definition) is 1. The number of ether oxygens (including phenoxy) is 1. The van der Waals surface area contributed by atoms with Crippen molar-refractivity contribution in [2.45, 2.75) is 40.7 Å². The lowest BCUT2D eigenvalue weighted by atomic mass is 10.1. The van der Waals surface area contributed by atoms with Crippen LogP contribution in [0.2, 0.25) is 0 Å². The predicted molar refractivity (Wildman–Crippen MR) is 115 cm³/mol. The largest absolute Gasteiger partial charge is 0.490 e. The molecule has 2 heterocycles. The Morgan fingerprint density at radius 2 is 1.93 bits per heavy atom. The predicted octanol–water partition coefficient (Wildman–Crippen LogP) is 5.81. The van der Waals surface area contributed by atoms with Crippen molar-refractivity contribution in [3.8, 4) is 17.1 Å². The molecule has 0 unspecified atom stereocenters. The van der Waals surface area contributed by atoms with Crippen LogP contribution in [0.5, 0.6) is 5.75 Å². The van der Waals surface area contributed by atoms with Crippen molar-refractivity contribution in [2.24, 2.45) is 5.92 Å². The second-order valence-corrected chi connectivity index (χ2v) is 8.60. The number of pyridine rings is 1. The van der Waals surface area contributed by atoms with Crippen LogP contribution >= 0.6 is 27.3 Å². The minimum Gasteiger partial charge on any atom is -0.490 e. The van der Waals surface area contributed by atoms with Crippen LogP contribution in [0.4, 0.5) is 5.13 Å². The minimum atomic E-state index is -0.0962. The number of amides is 1. The van der Waals surface area contributed by atoms with Gasteiger partial charge in [0.1, 0.15) is 11.4 Å². The number of fused-ring (bicyclic) bond motifs is 1. The zero-order chi connectivity index (χ0) is 19.7. The van der Waals surface area contributed by atoms with Crippen molar-refractivity contribution < 1.29 is 9.53 Å². The Labute approximate surface area is 171 Å². The average molecular weight is 448 g/mol. The number of benzene rings is 1. The molecule has 3 aromatic rings. The molecular weight excluding hydrogens is 426 g/mol. The van der Waals surface area contributed by atoms with E-state index in [4.69, 9.17) is 9.72 Å². The number of anilines is 1. The molecule has 142 valence electrons. The van der Waals surface area contributed by atoms with Crippen molar-refractivity contribution in [2.75, 3.05) is 5.32 Å². The minimum absolute atomic E-state index is 0.0415. The van der Waals surface area contributed by atoms with Crippen molar-refractivity contribution in [1.82, 2.24) is 9.97 Å². The molecule has 2 aromatic heterocycles. The molecule has 1 aromatic carbocycles. The topological polar surface area (TPSA) is 64.1 Å². The van der Waals surface area contributed by atoms with E-state index in [0.717, 1.165) is 26.7 Å². The van der Waals surface area contributed by atoms with Gasteiger partial charge in [0, 0.05) is 27.2 Å². The van der Waals surface area contributed by atoms with Crippen LogP contribution in [-0.4, -0.2) is 22.0 Å². The van der Waals surface area contributed by atoms with E-state index in [0.29, 0.717) is 16.5 Å². The molecular formula is C20H22BrN3O2S. The number of nitrogens with one attached hydrogen (secondary N) is 1. The molecule has 7 heteroatoms. The Hall–Kier alpha value is -1.99. The van der Waals surface area contributed by atoms with Gasteiger partial charge in [0.25, 0.3) is 0 Å². The first-order valence-corrected chi connectivity index (χ1v) is 10.5. The number of hydrogen-bond acceptors (Lipinski definition) is 5. The van der Waals surface area contributed by atoms with Crippen molar-refractivity contribution in [1.29, 1.82) is 0 Å². The highest BCUT2D eigenvalue weighted by atomic mass is 79.9. The fraction of sp³-hybridized carbons (Fsp3) is 0.350. The monoisotopic (exact) mass is 447 g/mol. The van der Waals surface area contributed by atoms with Crippen molar-refractivity contribution in [3.63, 3.8) is 0 Å². The highest BCUT2D eigenvalue weighted by Gasteiger charge is 2.16. The zero-order valence-electron chi connectivity index (χ0n) is 16.0. The Bertz CT molecular complexity index is 998. The number of carbonyl (C=O) groups excluding carboxylic acids is 1. The molecule has 27 heavy (non-hydrogen) atoms. The molecule has 0 aliphatic carbocycles. The second kappa shape index (κ2) is 7.94. The number of aryl methyl sites for hydroxylation is 1.